The van der Waals surface area contributed by atoms with Gasteiger partial charge in [0.1, 0.15) is 21.1 Å². The Morgan fingerprint density at radius 1 is 1.22 bits per heavy atom. The summed E-state index contributed by atoms with van der Waals surface area (Å²) in [5.74, 6) is 0.0629. The van der Waals surface area contributed by atoms with E-state index in [9.17, 15) is 4.39 Å². The van der Waals surface area contributed by atoms with Crippen molar-refractivity contribution in [3.8, 4) is 22.2 Å². The van der Waals surface area contributed by atoms with Gasteiger partial charge in [0.2, 0.25) is 0 Å². The summed E-state index contributed by atoms with van der Waals surface area (Å²) in [7, 11) is 1.58. The Kier molecular flexibility index (Phi) is 4.80. The lowest BCUT2D eigenvalue weighted by Crippen LogP contribution is -2.00. The molecule has 3 heterocycles. The number of benzene rings is 1. The zero-order valence-electron chi connectivity index (χ0n) is 14.5. The molecule has 0 N–H and O–H groups in total. The fourth-order valence-electron chi connectivity index (χ4n) is 2.67. The van der Waals surface area contributed by atoms with E-state index in [-0.39, 0.29) is 12.5 Å². The van der Waals surface area contributed by atoms with Crippen LogP contribution >= 0.6 is 22.9 Å². The predicted octanol–water partition coefficient (Wildman–Crippen LogP) is 5.31. The number of methoxy groups -OCH3 is 1. The van der Waals surface area contributed by atoms with Gasteiger partial charge in [-0.15, -0.1) is 0 Å². The van der Waals surface area contributed by atoms with Crippen LogP contribution in [0.4, 0.5) is 4.39 Å². The Balaban J connectivity index is 1.86. The van der Waals surface area contributed by atoms with Crippen molar-refractivity contribution >= 4 is 44.2 Å². The number of nitrogens with zero attached hydrogens (tertiary/aromatic N) is 3. The van der Waals surface area contributed by atoms with Crippen LogP contribution in [-0.4, -0.2) is 28.7 Å². The number of hydrogen-bond donors (Lipinski definition) is 0. The van der Waals surface area contributed by atoms with Gasteiger partial charge in [0.15, 0.2) is 5.82 Å². The topological polar surface area (TPSA) is 57.1 Å². The van der Waals surface area contributed by atoms with E-state index in [1.165, 1.54) is 17.4 Å². The summed E-state index contributed by atoms with van der Waals surface area (Å²) in [4.78, 5) is 13.8. The fourth-order valence-corrected chi connectivity index (χ4v) is 3.83. The van der Waals surface area contributed by atoms with Gasteiger partial charge in [-0.3, -0.25) is 4.98 Å². The van der Waals surface area contributed by atoms with Crippen LogP contribution in [0.5, 0.6) is 11.6 Å². The maximum atomic E-state index is 14.2. The summed E-state index contributed by atoms with van der Waals surface area (Å²) in [6, 6.07) is 6.79. The van der Waals surface area contributed by atoms with Crippen molar-refractivity contribution < 1.29 is 13.9 Å². The number of thiazole rings is 1. The SMILES string of the molecule is C[CH]COc1nc2sc(-c3cc(Cl)cc4cc(OC)cnc34)nc2cc1F. The fraction of sp³-hybridized carbons (Fsp3) is 0.158. The van der Waals surface area contributed by atoms with E-state index in [1.807, 2.05) is 19.1 Å². The van der Waals surface area contributed by atoms with Gasteiger partial charge in [-0.2, -0.15) is 4.98 Å². The van der Waals surface area contributed by atoms with Crippen molar-refractivity contribution in [3.05, 3.63) is 47.7 Å². The smallest absolute Gasteiger partial charge is 0.251 e. The summed E-state index contributed by atoms with van der Waals surface area (Å²) in [6.45, 7) is 2.11. The first-order chi connectivity index (χ1) is 13.1. The Bertz CT molecular complexity index is 1150. The number of hydrogen-bond acceptors (Lipinski definition) is 6. The van der Waals surface area contributed by atoms with Crippen LogP contribution in [0.25, 0.3) is 31.8 Å². The Hall–Kier alpha value is -2.51. The third-order valence-corrected chi connectivity index (χ3v) is 5.10. The van der Waals surface area contributed by atoms with Gasteiger partial charge in [-0.1, -0.05) is 29.9 Å². The molecule has 27 heavy (non-hydrogen) atoms. The highest BCUT2D eigenvalue weighted by Gasteiger charge is 2.16. The molecule has 0 aliphatic heterocycles. The Morgan fingerprint density at radius 3 is 2.85 bits per heavy atom. The van der Waals surface area contributed by atoms with E-state index in [1.54, 1.807) is 25.8 Å². The van der Waals surface area contributed by atoms with E-state index >= 15 is 0 Å². The van der Waals surface area contributed by atoms with Crippen LogP contribution in [0.2, 0.25) is 5.02 Å². The van der Waals surface area contributed by atoms with Crippen LogP contribution in [0.3, 0.4) is 0 Å². The zero-order valence-corrected chi connectivity index (χ0v) is 16.1. The number of rotatable bonds is 5. The molecule has 0 atom stereocenters. The second kappa shape index (κ2) is 7.25. The van der Waals surface area contributed by atoms with Crippen LogP contribution in [-0.2, 0) is 0 Å². The normalized spacial score (nSPS) is 11.3. The second-order valence-corrected chi connectivity index (χ2v) is 7.15. The highest BCUT2D eigenvalue weighted by atomic mass is 35.5. The molecular weight excluding hydrogens is 389 g/mol. The summed E-state index contributed by atoms with van der Waals surface area (Å²) in [6.07, 6.45) is 3.42. The van der Waals surface area contributed by atoms with E-state index < -0.39 is 5.82 Å². The van der Waals surface area contributed by atoms with Gasteiger partial charge in [-0.25, -0.2) is 9.37 Å². The summed E-state index contributed by atoms with van der Waals surface area (Å²) in [5, 5.41) is 2.03. The molecule has 8 heteroatoms. The molecule has 5 nitrogen and oxygen atoms in total. The maximum Gasteiger partial charge on any atom is 0.251 e. The van der Waals surface area contributed by atoms with Gasteiger partial charge < -0.3 is 9.47 Å². The molecule has 0 spiro atoms. The molecule has 0 unspecified atom stereocenters. The highest BCUT2D eigenvalue weighted by Crippen LogP contribution is 2.37. The Labute approximate surface area is 163 Å². The monoisotopic (exact) mass is 402 g/mol. The van der Waals surface area contributed by atoms with E-state index in [4.69, 9.17) is 21.1 Å². The summed E-state index contributed by atoms with van der Waals surface area (Å²) < 4.78 is 24.7. The van der Waals surface area contributed by atoms with Crippen molar-refractivity contribution in [2.24, 2.45) is 0 Å². The van der Waals surface area contributed by atoms with E-state index in [0.717, 1.165) is 16.5 Å². The standard InChI is InChI=1S/C19H14ClFN3O2S/c1-3-4-26-17-14(21)8-15-19(24-17)27-18(23-15)13-7-11(20)5-10-6-12(25-2)9-22-16(10)13/h3,5-9H,4H2,1-2H3. The molecule has 4 aromatic rings. The van der Waals surface area contributed by atoms with Gasteiger partial charge >= 0.3 is 0 Å². The molecule has 0 aliphatic rings. The zero-order chi connectivity index (χ0) is 19.0. The van der Waals surface area contributed by atoms with Gasteiger partial charge in [0.25, 0.3) is 5.88 Å². The number of pyridine rings is 2. The van der Waals surface area contributed by atoms with Crippen molar-refractivity contribution in [2.45, 2.75) is 6.92 Å². The molecule has 3 aromatic heterocycles. The largest absolute Gasteiger partial charge is 0.495 e. The lowest BCUT2D eigenvalue weighted by Gasteiger charge is -2.06. The molecule has 0 saturated carbocycles. The molecule has 1 radical (unpaired) electrons. The molecule has 0 saturated heterocycles. The minimum absolute atomic E-state index is 0.0328. The average Bonchev–Trinajstić information content (AvgIpc) is 3.07. The van der Waals surface area contributed by atoms with Crippen LogP contribution < -0.4 is 9.47 Å². The summed E-state index contributed by atoms with van der Waals surface area (Å²) in [5.41, 5.74) is 1.95. The van der Waals surface area contributed by atoms with Crippen molar-refractivity contribution in [1.29, 1.82) is 0 Å². The van der Waals surface area contributed by atoms with Crippen LogP contribution in [0.15, 0.2) is 30.5 Å². The van der Waals surface area contributed by atoms with Gasteiger partial charge in [0, 0.05) is 22.0 Å². The van der Waals surface area contributed by atoms with Crippen LogP contribution in [0, 0.1) is 12.2 Å². The molecule has 137 valence electrons. The number of fused-ring (bicyclic) bond motifs is 2. The lowest BCUT2D eigenvalue weighted by atomic mass is 10.1. The van der Waals surface area contributed by atoms with Gasteiger partial charge in [-0.05, 0) is 24.6 Å². The molecule has 0 fully saturated rings. The number of ether oxygens (including phenoxy) is 2. The van der Waals surface area contributed by atoms with Crippen molar-refractivity contribution in [2.75, 3.05) is 13.7 Å². The number of aromatic nitrogens is 3. The first kappa shape index (κ1) is 17.9. The number of halogens is 2. The van der Waals surface area contributed by atoms with E-state index in [0.29, 0.717) is 26.1 Å². The van der Waals surface area contributed by atoms with E-state index in [2.05, 4.69) is 15.0 Å². The first-order valence-corrected chi connectivity index (χ1v) is 9.30. The first-order valence-electron chi connectivity index (χ1n) is 8.10. The minimum atomic E-state index is -0.542. The molecule has 1 aromatic carbocycles. The average molecular weight is 403 g/mol. The molecular formula is C19H14ClFN3O2S. The van der Waals surface area contributed by atoms with Crippen molar-refractivity contribution in [1.82, 2.24) is 15.0 Å². The highest BCUT2D eigenvalue weighted by molar-refractivity contribution is 7.21. The molecule has 0 bridgehead atoms. The predicted molar refractivity (Wildman–Crippen MR) is 105 cm³/mol. The van der Waals surface area contributed by atoms with Gasteiger partial charge in [0.05, 0.1) is 25.4 Å². The molecule has 0 aliphatic carbocycles. The lowest BCUT2D eigenvalue weighted by molar-refractivity contribution is 0.317. The molecule has 0 amide bonds. The van der Waals surface area contributed by atoms with Crippen molar-refractivity contribution in [3.63, 3.8) is 0 Å². The Morgan fingerprint density at radius 2 is 2.07 bits per heavy atom. The second-order valence-electron chi connectivity index (χ2n) is 5.74. The summed E-state index contributed by atoms with van der Waals surface area (Å²) >= 11 is 7.62. The third-order valence-electron chi connectivity index (χ3n) is 3.88. The molecule has 4 rings (SSSR count). The minimum Gasteiger partial charge on any atom is -0.495 e. The maximum absolute atomic E-state index is 14.2. The quantitative estimate of drug-likeness (QED) is 0.452. The van der Waals surface area contributed by atoms with Crippen LogP contribution in [0.1, 0.15) is 6.92 Å². The third kappa shape index (κ3) is 3.40.